The van der Waals surface area contributed by atoms with Crippen LogP contribution in [0.5, 0.6) is 0 Å². The van der Waals surface area contributed by atoms with Gasteiger partial charge in [0.2, 0.25) is 0 Å². The third-order valence-electron chi connectivity index (χ3n) is 5.06. The fourth-order valence-corrected chi connectivity index (χ4v) is 3.67. The first kappa shape index (κ1) is 30.4. The van der Waals surface area contributed by atoms with Gasteiger partial charge in [0.25, 0.3) is 0 Å². The highest BCUT2D eigenvalue weighted by Gasteiger charge is 2.17. The number of unbranched alkanes of at least 4 members (excludes halogenated alkanes) is 12. The van der Waals surface area contributed by atoms with Crippen molar-refractivity contribution in [3.8, 4) is 0 Å². The van der Waals surface area contributed by atoms with Gasteiger partial charge in [-0.05, 0) is 25.0 Å². The summed E-state index contributed by atoms with van der Waals surface area (Å²) in [5.41, 5.74) is 0. The molecule has 8 heteroatoms. The first-order chi connectivity index (χ1) is 15.1. The molecule has 31 heavy (non-hydrogen) atoms. The molecule has 0 aliphatic rings. The van der Waals surface area contributed by atoms with Crippen LogP contribution in [-0.2, 0) is 28.2 Å². The van der Waals surface area contributed by atoms with Crippen LogP contribution in [0.25, 0.3) is 0 Å². The molecule has 0 aliphatic carbocycles. The summed E-state index contributed by atoms with van der Waals surface area (Å²) >= 11 is 4.19. The highest BCUT2D eigenvalue weighted by atomic mass is 32.1. The van der Waals surface area contributed by atoms with Gasteiger partial charge in [-0.25, -0.2) is 4.57 Å². The molecule has 0 fully saturated rings. The standard InChI is InChI=1S/C23H43O6PS/c1-2-3-4-5-6-7-11-14-17-23(25)29-21(20-28-30-26)19-27-22(24)16-13-10-8-9-12-15-18-31/h21,31H,2-20H2,1H3/t21-/m1/s1. The van der Waals surface area contributed by atoms with Crippen LogP contribution < -0.4 is 0 Å². The van der Waals surface area contributed by atoms with E-state index in [0.717, 1.165) is 57.1 Å². The van der Waals surface area contributed by atoms with Crippen molar-refractivity contribution >= 4 is 33.3 Å². The smallest absolute Gasteiger partial charge is 0.327 e. The number of carbonyl (C=O) groups excluding carboxylic acids is 2. The molecule has 0 spiro atoms. The maximum absolute atomic E-state index is 12.1. The lowest BCUT2D eigenvalue weighted by Gasteiger charge is -2.16. The summed E-state index contributed by atoms with van der Waals surface area (Å²) < 4.78 is 25.9. The second kappa shape index (κ2) is 24.0. The first-order valence-corrected chi connectivity index (χ1v) is 13.4. The highest BCUT2D eigenvalue weighted by Crippen LogP contribution is 2.12. The average Bonchev–Trinajstić information content (AvgIpc) is 2.76. The van der Waals surface area contributed by atoms with E-state index in [0.29, 0.717) is 12.8 Å². The molecular formula is C23H43O6PS. The second-order valence-electron chi connectivity index (χ2n) is 7.98. The molecule has 0 aromatic rings. The van der Waals surface area contributed by atoms with Crippen molar-refractivity contribution in [1.29, 1.82) is 0 Å². The maximum Gasteiger partial charge on any atom is 0.327 e. The van der Waals surface area contributed by atoms with Crippen LogP contribution in [0.15, 0.2) is 0 Å². The van der Waals surface area contributed by atoms with Crippen molar-refractivity contribution in [2.45, 2.75) is 116 Å². The van der Waals surface area contributed by atoms with Gasteiger partial charge in [-0.15, -0.1) is 0 Å². The molecule has 0 heterocycles. The fourth-order valence-electron chi connectivity index (χ4n) is 3.22. The van der Waals surface area contributed by atoms with Crippen molar-refractivity contribution in [2.75, 3.05) is 19.0 Å². The molecule has 0 rings (SSSR count). The molecule has 0 bridgehead atoms. The number of carbonyl (C=O) groups is 2. The minimum Gasteiger partial charge on any atom is -0.462 e. The van der Waals surface area contributed by atoms with Crippen LogP contribution in [0, 0.1) is 0 Å². The van der Waals surface area contributed by atoms with Gasteiger partial charge < -0.3 is 9.47 Å². The Balaban J connectivity index is 3.91. The number of hydrogen-bond donors (Lipinski definition) is 1. The van der Waals surface area contributed by atoms with E-state index in [9.17, 15) is 14.2 Å². The monoisotopic (exact) mass is 478 g/mol. The molecule has 0 aliphatic heterocycles. The largest absolute Gasteiger partial charge is 0.462 e. The maximum atomic E-state index is 12.1. The molecule has 0 aromatic heterocycles. The van der Waals surface area contributed by atoms with Gasteiger partial charge >= 0.3 is 20.6 Å². The summed E-state index contributed by atoms with van der Waals surface area (Å²) in [6, 6.07) is 0. The topological polar surface area (TPSA) is 78.9 Å². The molecule has 0 unspecified atom stereocenters. The predicted octanol–water partition coefficient (Wildman–Crippen LogP) is 6.86. The Bertz CT molecular complexity index is 450. The van der Waals surface area contributed by atoms with Gasteiger partial charge in [-0.1, -0.05) is 77.6 Å². The Labute approximate surface area is 196 Å². The summed E-state index contributed by atoms with van der Waals surface area (Å²) in [6.45, 7) is 2.07. The molecule has 0 saturated carbocycles. The van der Waals surface area contributed by atoms with E-state index in [4.69, 9.17) is 14.0 Å². The van der Waals surface area contributed by atoms with E-state index < -0.39 is 14.8 Å². The van der Waals surface area contributed by atoms with Gasteiger partial charge in [-0.3, -0.25) is 14.1 Å². The lowest BCUT2D eigenvalue weighted by molar-refractivity contribution is -0.160. The Morgan fingerprint density at radius 2 is 1.26 bits per heavy atom. The second-order valence-corrected chi connectivity index (χ2v) is 8.84. The van der Waals surface area contributed by atoms with Gasteiger partial charge in [0.15, 0.2) is 6.10 Å². The number of thiol groups is 1. The lowest BCUT2D eigenvalue weighted by Crippen LogP contribution is -2.28. The first-order valence-electron chi connectivity index (χ1n) is 12.0. The van der Waals surface area contributed by atoms with E-state index in [1.54, 1.807) is 0 Å². The number of esters is 2. The zero-order valence-electron chi connectivity index (χ0n) is 19.4. The van der Waals surface area contributed by atoms with Crippen molar-refractivity contribution in [3.63, 3.8) is 0 Å². The van der Waals surface area contributed by atoms with Crippen LogP contribution in [0.2, 0.25) is 0 Å². The van der Waals surface area contributed by atoms with E-state index in [1.165, 1.54) is 38.5 Å². The van der Waals surface area contributed by atoms with Crippen LogP contribution in [0.4, 0.5) is 0 Å². The molecule has 0 aromatic carbocycles. The summed E-state index contributed by atoms with van der Waals surface area (Å²) in [5, 5.41) is 0. The predicted molar refractivity (Wildman–Crippen MR) is 128 cm³/mol. The number of ether oxygens (including phenoxy) is 2. The van der Waals surface area contributed by atoms with Gasteiger partial charge in [0.1, 0.15) is 13.2 Å². The van der Waals surface area contributed by atoms with Crippen LogP contribution in [0.3, 0.4) is 0 Å². The van der Waals surface area contributed by atoms with Crippen LogP contribution in [-0.4, -0.2) is 37.0 Å². The van der Waals surface area contributed by atoms with Gasteiger partial charge in [0.05, 0.1) is 0 Å². The molecule has 1 atom stereocenters. The van der Waals surface area contributed by atoms with Crippen LogP contribution in [0.1, 0.15) is 110 Å². The molecule has 0 saturated heterocycles. The van der Waals surface area contributed by atoms with Crippen molar-refractivity contribution in [3.05, 3.63) is 0 Å². The van der Waals surface area contributed by atoms with Gasteiger partial charge in [-0.2, -0.15) is 12.6 Å². The van der Waals surface area contributed by atoms with E-state index in [1.807, 2.05) is 0 Å². The normalized spacial score (nSPS) is 12.1. The summed E-state index contributed by atoms with van der Waals surface area (Å²) in [6.07, 6.45) is 15.5. The summed E-state index contributed by atoms with van der Waals surface area (Å²) in [4.78, 5) is 24.0. The van der Waals surface area contributed by atoms with E-state index in [2.05, 4.69) is 19.6 Å². The quantitative estimate of drug-likeness (QED) is 0.0748. The third-order valence-corrected chi connectivity index (χ3v) is 5.64. The fraction of sp³-hybridized carbons (Fsp3) is 0.913. The Kier molecular flexibility index (Phi) is 23.5. The Morgan fingerprint density at radius 1 is 0.742 bits per heavy atom. The van der Waals surface area contributed by atoms with E-state index in [-0.39, 0.29) is 25.2 Å². The third kappa shape index (κ3) is 22.3. The number of hydrogen-bond acceptors (Lipinski definition) is 7. The Morgan fingerprint density at radius 3 is 1.81 bits per heavy atom. The molecule has 182 valence electrons. The highest BCUT2D eigenvalue weighted by molar-refractivity contribution is 7.80. The molecular weight excluding hydrogens is 435 g/mol. The Hall–Kier alpha value is -0.650. The van der Waals surface area contributed by atoms with E-state index >= 15 is 0 Å². The van der Waals surface area contributed by atoms with Gasteiger partial charge in [0, 0.05) is 12.8 Å². The number of rotatable bonds is 23. The van der Waals surface area contributed by atoms with Crippen molar-refractivity contribution < 1.29 is 28.2 Å². The average molecular weight is 479 g/mol. The molecule has 0 amide bonds. The minimum absolute atomic E-state index is 0.0629. The molecule has 0 radical (unpaired) electrons. The molecule has 0 N–H and O–H groups in total. The molecule has 6 nitrogen and oxygen atoms in total. The lowest BCUT2D eigenvalue weighted by atomic mass is 10.1. The minimum atomic E-state index is -0.729. The summed E-state index contributed by atoms with van der Waals surface area (Å²) in [7, 11) is -0.489. The SMILES string of the molecule is CCCCCCCCCCC(=O)O[C@@H](COP=O)COC(=O)CCCCCCCCS. The van der Waals surface area contributed by atoms with Crippen LogP contribution >= 0.6 is 21.3 Å². The zero-order valence-corrected chi connectivity index (χ0v) is 21.1. The van der Waals surface area contributed by atoms with Crippen molar-refractivity contribution in [1.82, 2.24) is 0 Å². The summed E-state index contributed by atoms with van der Waals surface area (Å²) in [5.74, 6) is 0.283. The van der Waals surface area contributed by atoms with Crippen molar-refractivity contribution in [2.24, 2.45) is 0 Å². The zero-order chi connectivity index (χ0) is 23.0.